The van der Waals surface area contributed by atoms with Gasteiger partial charge in [0.15, 0.2) is 6.61 Å². The summed E-state index contributed by atoms with van der Waals surface area (Å²) in [5.41, 5.74) is 0.281. The van der Waals surface area contributed by atoms with E-state index in [1.165, 1.54) is 19.2 Å². The Morgan fingerprint density at radius 1 is 1.44 bits per heavy atom. The second-order valence-electron chi connectivity index (χ2n) is 5.98. The molecule has 1 aromatic carbocycles. The highest BCUT2D eigenvalue weighted by Crippen LogP contribution is 2.37. The summed E-state index contributed by atoms with van der Waals surface area (Å²) >= 11 is 0. The standard InChI is InChI=1S/C15H20N2O7S/c1-8(2)4-10(15(19)20)17-25(21,22)13-6-11-9(5-12(13)23-3)16-14(18)7-24-11/h5-6,8,10,17H,4,7H2,1-3H3,(H,16,18)(H,19,20)/t10-/m1/s1. The molecule has 2 rings (SSSR count). The van der Waals surface area contributed by atoms with Crippen molar-refractivity contribution < 1.29 is 32.6 Å². The molecule has 0 aliphatic carbocycles. The van der Waals surface area contributed by atoms with Gasteiger partial charge in [0.05, 0.1) is 12.8 Å². The number of anilines is 1. The summed E-state index contributed by atoms with van der Waals surface area (Å²) in [5, 5.41) is 11.8. The molecule has 1 amide bonds. The molecule has 0 saturated carbocycles. The van der Waals surface area contributed by atoms with Gasteiger partial charge in [-0.2, -0.15) is 4.72 Å². The Kier molecular flexibility index (Phi) is 5.53. The van der Waals surface area contributed by atoms with Crippen LogP contribution in [0, 0.1) is 5.92 Å². The van der Waals surface area contributed by atoms with Crippen LogP contribution < -0.4 is 19.5 Å². The summed E-state index contributed by atoms with van der Waals surface area (Å²) in [5.74, 6) is -1.53. The fraction of sp³-hybridized carbons (Fsp3) is 0.467. The number of methoxy groups -OCH3 is 1. The molecule has 10 heteroatoms. The van der Waals surface area contributed by atoms with E-state index in [2.05, 4.69) is 10.0 Å². The summed E-state index contributed by atoms with van der Waals surface area (Å²) in [6.07, 6.45) is 0.133. The molecule has 138 valence electrons. The molecular formula is C15H20N2O7S. The molecule has 0 unspecified atom stereocenters. The van der Waals surface area contributed by atoms with E-state index < -0.39 is 22.0 Å². The van der Waals surface area contributed by atoms with Crippen LogP contribution in [0.5, 0.6) is 11.5 Å². The van der Waals surface area contributed by atoms with Gasteiger partial charge in [0.25, 0.3) is 5.91 Å². The Balaban J connectivity index is 2.41. The molecule has 1 aromatic rings. The first kappa shape index (κ1) is 19.0. The Bertz CT molecular complexity index is 789. The van der Waals surface area contributed by atoms with E-state index >= 15 is 0 Å². The number of nitrogens with one attached hydrogen (secondary N) is 2. The predicted molar refractivity (Wildman–Crippen MR) is 88.3 cm³/mol. The first-order chi connectivity index (χ1) is 11.6. The van der Waals surface area contributed by atoms with Crippen molar-refractivity contribution >= 4 is 27.6 Å². The molecule has 0 fully saturated rings. The highest BCUT2D eigenvalue weighted by Gasteiger charge is 2.30. The Labute approximate surface area is 145 Å². The zero-order valence-corrected chi connectivity index (χ0v) is 14.8. The normalized spacial score (nSPS) is 15.1. The molecule has 9 nitrogen and oxygen atoms in total. The lowest BCUT2D eigenvalue weighted by molar-refractivity contribution is -0.139. The molecule has 25 heavy (non-hydrogen) atoms. The second kappa shape index (κ2) is 7.28. The Morgan fingerprint density at radius 2 is 2.12 bits per heavy atom. The molecule has 0 saturated heterocycles. The lowest BCUT2D eigenvalue weighted by Gasteiger charge is -2.22. The minimum absolute atomic E-state index is 0.0206. The van der Waals surface area contributed by atoms with Crippen molar-refractivity contribution in [3.63, 3.8) is 0 Å². The third-order valence-corrected chi connectivity index (χ3v) is 4.98. The van der Waals surface area contributed by atoms with Gasteiger partial charge in [-0.1, -0.05) is 13.8 Å². The van der Waals surface area contributed by atoms with Crippen LogP contribution in [0.4, 0.5) is 5.69 Å². The van der Waals surface area contributed by atoms with Crippen molar-refractivity contribution in [1.29, 1.82) is 0 Å². The topological polar surface area (TPSA) is 131 Å². The van der Waals surface area contributed by atoms with Gasteiger partial charge in [0.2, 0.25) is 10.0 Å². The maximum atomic E-state index is 12.7. The number of hydrogen-bond donors (Lipinski definition) is 3. The van der Waals surface area contributed by atoms with Crippen molar-refractivity contribution in [3.05, 3.63) is 12.1 Å². The summed E-state index contributed by atoms with van der Waals surface area (Å²) in [7, 11) is -2.92. The average Bonchev–Trinajstić information content (AvgIpc) is 2.52. The van der Waals surface area contributed by atoms with Crippen LogP contribution in [0.1, 0.15) is 20.3 Å². The number of ether oxygens (including phenoxy) is 2. The fourth-order valence-electron chi connectivity index (χ4n) is 2.38. The molecular weight excluding hydrogens is 352 g/mol. The summed E-state index contributed by atoms with van der Waals surface area (Å²) in [6.45, 7) is 3.35. The lowest BCUT2D eigenvalue weighted by Crippen LogP contribution is -2.41. The van der Waals surface area contributed by atoms with E-state index in [1.807, 2.05) is 0 Å². The number of carboxylic acids is 1. The number of rotatable bonds is 7. The first-order valence-electron chi connectivity index (χ1n) is 7.54. The van der Waals surface area contributed by atoms with E-state index in [4.69, 9.17) is 9.47 Å². The Hall–Kier alpha value is -2.33. The first-order valence-corrected chi connectivity index (χ1v) is 9.02. The molecule has 0 radical (unpaired) electrons. The molecule has 1 atom stereocenters. The zero-order valence-electron chi connectivity index (χ0n) is 14.0. The molecule has 0 bridgehead atoms. The molecule has 0 aromatic heterocycles. The third-order valence-electron chi connectivity index (χ3n) is 3.49. The van der Waals surface area contributed by atoms with E-state index in [0.717, 1.165) is 0 Å². The quantitative estimate of drug-likeness (QED) is 0.645. The van der Waals surface area contributed by atoms with Gasteiger partial charge in [-0.15, -0.1) is 0 Å². The van der Waals surface area contributed by atoms with Crippen LogP contribution in [0.25, 0.3) is 0 Å². The maximum absolute atomic E-state index is 12.7. The van der Waals surface area contributed by atoms with Gasteiger partial charge in [-0.25, -0.2) is 8.42 Å². The van der Waals surface area contributed by atoms with Gasteiger partial charge in [-0.05, 0) is 12.3 Å². The van der Waals surface area contributed by atoms with E-state index in [1.54, 1.807) is 13.8 Å². The highest BCUT2D eigenvalue weighted by atomic mass is 32.2. The summed E-state index contributed by atoms with van der Waals surface area (Å²) in [6, 6.07) is 1.25. The minimum Gasteiger partial charge on any atom is -0.495 e. The number of fused-ring (bicyclic) bond motifs is 1. The van der Waals surface area contributed by atoms with Crippen molar-refractivity contribution in [2.75, 3.05) is 19.0 Å². The van der Waals surface area contributed by atoms with Crippen LogP contribution in [-0.2, 0) is 19.6 Å². The SMILES string of the molecule is COc1cc2c(cc1S(=O)(=O)N[C@H](CC(C)C)C(=O)O)OCC(=O)N2. The van der Waals surface area contributed by atoms with Crippen LogP contribution in [0.2, 0.25) is 0 Å². The predicted octanol–water partition coefficient (Wildman–Crippen LogP) is 0.804. The van der Waals surface area contributed by atoms with Crippen LogP contribution in [0.15, 0.2) is 17.0 Å². The largest absolute Gasteiger partial charge is 0.495 e. The number of hydrogen-bond acceptors (Lipinski definition) is 6. The minimum atomic E-state index is -4.19. The molecule has 3 N–H and O–H groups in total. The van der Waals surface area contributed by atoms with Crippen LogP contribution in [0.3, 0.4) is 0 Å². The van der Waals surface area contributed by atoms with Gasteiger partial charge in [0, 0.05) is 12.1 Å². The van der Waals surface area contributed by atoms with Gasteiger partial charge < -0.3 is 19.9 Å². The number of amides is 1. The van der Waals surface area contributed by atoms with Crippen molar-refractivity contribution in [3.8, 4) is 11.5 Å². The second-order valence-corrected chi connectivity index (χ2v) is 7.66. The number of carbonyl (C=O) groups is 2. The smallest absolute Gasteiger partial charge is 0.321 e. The number of benzene rings is 1. The van der Waals surface area contributed by atoms with Crippen molar-refractivity contribution in [2.24, 2.45) is 5.92 Å². The monoisotopic (exact) mass is 372 g/mol. The van der Waals surface area contributed by atoms with E-state index in [-0.39, 0.29) is 46.9 Å². The molecule has 0 spiro atoms. The van der Waals surface area contributed by atoms with E-state index in [9.17, 15) is 23.1 Å². The van der Waals surface area contributed by atoms with Gasteiger partial charge in [-0.3, -0.25) is 9.59 Å². The molecule has 1 aliphatic heterocycles. The van der Waals surface area contributed by atoms with Crippen LogP contribution >= 0.6 is 0 Å². The highest BCUT2D eigenvalue weighted by molar-refractivity contribution is 7.89. The number of carboxylic acid groups (broad SMARTS) is 1. The Morgan fingerprint density at radius 3 is 2.68 bits per heavy atom. The summed E-state index contributed by atoms with van der Waals surface area (Å²) < 4.78 is 37.8. The van der Waals surface area contributed by atoms with Crippen molar-refractivity contribution in [2.45, 2.75) is 31.2 Å². The third kappa shape index (κ3) is 4.40. The fourth-order valence-corrected chi connectivity index (χ4v) is 3.75. The zero-order chi connectivity index (χ0) is 18.8. The lowest BCUT2D eigenvalue weighted by atomic mass is 10.1. The van der Waals surface area contributed by atoms with Gasteiger partial charge >= 0.3 is 5.97 Å². The van der Waals surface area contributed by atoms with Crippen LogP contribution in [-0.4, -0.2) is 45.2 Å². The summed E-state index contributed by atoms with van der Waals surface area (Å²) in [4.78, 5) is 22.4. The van der Waals surface area contributed by atoms with Crippen molar-refractivity contribution in [1.82, 2.24) is 4.72 Å². The maximum Gasteiger partial charge on any atom is 0.321 e. The van der Waals surface area contributed by atoms with E-state index in [0.29, 0.717) is 0 Å². The molecule has 1 aliphatic rings. The average molecular weight is 372 g/mol. The number of aliphatic carboxylic acids is 1. The number of sulfonamides is 1. The van der Waals surface area contributed by atoms with Gasteiger partial charge in [0.1, 0.15) is 22.4 Å². The molecule has 1 heterocycles. The number of carbonyl (C=O) groups excluding carboxylic acids is 1.